The molecule has 1 saturated heterocycles. The largest absolute Gasteiger partial charge is 0.508 e. The number of benzene rings is 1. The normalized spacial score (nSPS) is 18.3. The highest BCUT2D eigenvalue weighted by Crippen LogP contribution is 2.21. The van der Waals surface area contributed by atoms with E-state index in [0.29, 0.717) is 6.54 Å². The molecule has 2 rings (SSSR count). The van der Waals surface area contributed by atoms with E-state index >= 15 is 0 Å². The molecule has 0 aromatic heterocycles. The van der Waals surface area contributed by atoms with Crippen molar-refractivity contribution in [2.45, 2.75) is 38.1 Å². The molecule has 1 fully saturated rings. The lowest BCUT2D eigenvalue weighted by Gasteiger charge is -2.35. The molecule has 0 spiro atoms. The average Bonchev–Trinajstić information content (AvgIpc) is 2.50. The number of phenolic OH excluding ortho intramolecular Hbond substituents is 1. The summed E-state index contributed by atoms with van der Waals surface area (Å²) < 4.78 is 4.71. The summed E-state index contributed by atoms with van der Waals surface area (Å²) in [6.45, 7) is 0.693. The van der Waals surface area contributed by atoms with Gasteiger partial charge in [0.15, 0.2) is 0 Å². The Morgan fingerprint density at radius 1 is 1.29 bits per heavy atom. The Kier molecular flexibility index (Phi) is 5.20. The first kappa shape index (κ1) is 15.4. The number of nitrogens with zero attached hydrogens (tertiary/aromatic N) is 1. The number of rotatable bonds is 4. The topological polar surface area (TPSA) is 66.8 Å². The minimum absolute atomic E-state index is 0.0225. The summed E-state index contributed by atoms with van der Waals surface area (Å²) >= 11 is 0. The molecule has 1 amide bonds. The molecular weight excluding hydrogens is 270 g/mol. The quantitative estimate of drug-likeness (QED) is 0.860. The van der Waals surface area contributed by atoms with Gasteiger partial charge in [-0.25, -0.2) is 0 Å². The van der Waals surface area contributed by atoms with Gasteiger partial charge >= 0.3 is 5.97 Å². The maximum absolute atomic E-state index is 12.4. The highest BCUT2D eigenvalue weighted by molar-refractivity contribution is 5.80. The van der Waals surface area contributed by atoms with Gasteiger partial charge in [-0.3, -0.25) is 9.59 Å². The number of aromatic hydroxyl groups is 1. The van der Waals surface area contributed by atoms with Crippen LogP contribution in [0.1, 0.15) is 31.2 Å². The van der Waals surface area contributed by atoms with Gasteiger partial charge in [-0.15, -0.1) is 0 Å². The molecular formula is C16H21NO4. The van der Waals surface area contributed by atoms with Crippen molar-refractivity contribution in [1.82, 2.24) is 4.90 Å². The van der Waals surface area contributed by atoms with Crippen molar-refractivity contribution in [3.8, 4) is 5.75 Å². The highest BCUT2D eigenvalue weighted by atomic mass is 16.5. The van der Waals surface area contributed by atoms with E-state index in [1.165, 1.54) is 7.11 Å². The number of esters is 1. The van der Waals surface area contributed by atoms with Crippen LogP contribution in [-0.2, 0) is 20.7 Å². The van der Waals surface area contributed by atoms with Gasteiger partial charge in [0.2, 0.25) is 5.91 Å². The molecule has 0 bridgehead atoms. The van der Waals surface area contributed by atoms with E-state index < -0.39 is 0 Å². The SMILES string of the molecule is COC(=O)CC1CCCCN1C(=O)Cc1ccc(O)cc1. The average molecular weight is 291 g/mol. The van der Waals surface area contributed by atoms with Gasteiger partial charge < -0.3 is 14.7 Å². The Balaban J connectivity index is 2.00. The fraction of sp³-hybridized carbons (Fsp3) is 0.500. The van der Waals surface area contributed by atoms with E-state index in [4.69, 9.17) is 4.74 Å². The summed E-state index contributed by atoms with van der Waals surface area (Å²) in [7, 11) is 1.37. The van der Waals surface area contributed by atoms with Gasteiger partial charge in [-0.05, 0) is 37.0 Å². The number of hydrogen-bond donors (Lipinski definition) is 1. The van der Waals surface area contributed by atoms with Crippen molar-refractivity contribution in [1.29, 1.82) is 0 Å². The number of carbonyl (C=O) groups is 2. The van der Waals surface area contributed by atoms with Gasteiger partial charge in [0.1, 0.15) is 5.75 Å². The second-order valence-electron chi connectivity index (χ2n) is 5.36. The molecule has 1 aliphatic rings. The third kappa shape index (κ3) is 4.21. The number of ether oxygens (including phenoxy) is 1. The van der Waals surface area contributed by atoms with Crippen LogP contribution in [0.5, 0.6) is 5.75 Å². The smallest absolute Gasteiger partial charge is 0.307 e. The van der Waals surface area contributed by atoms with Crippen molar-refractivity contribution < 1.29 is 19.4 Å². The van der Waals surface area contributed by atoms with E-state index in [2.05, 4.69) is 0 Å². The fourth-order valence-electron chi connectivity index (χ4n) is 2.71. The Morgan fingerprint density at radius 3 is 2.67 bits per heavy atom. The van der Waals surface area contributed by atoms with E-state index in [0.717, 1.165) is 24.8 Å². The first-order chi connectivity index (χ1) is 10.1. The molecule has 21 heavy (non-hydrogen) atoms. The number of methoxy groups -OCH3 is 1. The maximum atomic E-state index is 12.4. The van der Waals surface area contributed by atoms with Crippen molar-refractivity contribution in [3.63, 3.8) is 0 Å². The molecule has 0 saturated carbocycles. The summed E-state index contributed by atoms with van der Waals surface area (Å²) in [4.78, 5) is 25.7. The van der Waals surface area contributed by atoms with Crippen LogP contribution in [0.2, 0.25) is 0 Å². The van der Waals surface area contributed by atoms with Crippen LogP contribution in [0, 0.1) is 0 Å². The van der Waals surface area contributed by atoms with Crippen molar-refractivity contribution in [3.05, 3.63) is 29.8 Å². The third-order valence-electron chi connectivity index (χ3n) is 3.87. The van der Waals surface area contributed by atoms with E-state index in [9.17, 15) is 14.7 Å². The van der Waals surface area contributed by atoms with Gasteiger partial charge in [0.05, 0.1) is 20.0 Å². The first-order valence-corrected chi connectivity index (χ1v) is 7.24. The van der Waals surface area contributed by atoms with Crippen LogP contribution < -0.4 is 0 Å². The van der Waals surface area contributed by atoms with Crippen LogP contribution in [0.4, 0.5) is 0 Å². The molecule has 1 unspecified atom stereocenters. The number of phenols is 1. The monoisotopic (exact) mass is 291 g/mol. The Hall–Kier alpha value is -2.04. The molecule has 1 N–H and O–H groups in total. The maximum Gasteiger partial charge on any atom is 0.307 e. The Labute approximate surface area is 124 Å². The standard InChI is InChI=1S/C16H21NO4/c1-21-16(20)11-13-4-2-3-9-17(13)15(19)10-12-5-7-14(18)8-6-12/h5-8,13,18H,2-4,9-11H2,1H3. The lowest BCUT2D eigenvalue weighted by atomic mass is 9.98. The van der Waals surface area contributed by atoms with Gasteiger partial charge in [0.25, 0.3) is 0 Å². The molecule has 0 aliphatic carbocycles. The molecule has 114 valence electrons. The van der Waals surface area contributed by atoms with Crippen molar-refractivity contribution >= 4 is 11.9 Å². The third-order valence-corrected chi connectivity index (χ3v) is 3.87. The summed E-state index contributed by atoms with van der Waals surface area (Å²) in [5, 5.41) is 9.26. The van der Waals surface area contributed by atoms with Gasteiger partial charge in [-0.1, -0.05) is 12.1 Å². The predicted molar refractivity (Wildman–Crippen MR) is 77.8 cm³/mol. The molecule has 1 aromatic carbocycles. The lowest BCUT2D eigenvalue weighted by molar-refractivity contribution is -0.144. The van der Waals surface area contributed by atoms with Gasteiger partial charge in [0, 0.05) is 12.6 Å². The Bertz CT molecular complexity index is 498. The second-order valence-corrected chi connectivity index (χ2v) is 5.36. The molecule has 0 radical (unpaired) electrons. The molecule has 1 atom stereocenters. The Morgan fingerprint density at radius 2 is 2.00 bits per heavy atom. The number of likely N-dealkylation sites (tertiary alicyclic amines) is 1. The van der Waals surface area contributed by atoms with E-state index in [-0.39, 0.29) is 36.5 Å². The molecule has 1 aliphatic heterocycles. The molecule has 1 aromatic rings. The predicted octanol–water partition coefficient (Wildman–Crippen LogP) is 1.88. The molecule has 5 nitrogen and oxygen atoms in total. The van der Waals surface area contributed by atoms with E-state index in [1.807, 2.05) is 0 Å². The summed E-state index contributed by atoms with van der Waals surface area (Å²) in [6.07, 6.45) is 3.40. The number of hydrogen-bond acceptors (Lipinski definition) is 4. The molecule has 1 heterocycles. The lowest BCUT2D eigenvalue weighted by Crippen LogP contribution is -2.45. The summed E-state index contributed by atoms with van der Waals surface area (Å²) in [5.41, 5.74) is 0.861. The van der Waals surface area contributed by atoms with E-state index in [1.54, 1.807) is 29.2 Å². The molecule has 5 heteroatoms. The minimum Gasteiger partial charge on any atom is -0.508 e. The zero-order chi connectivity index (χ0) is 15.2. The second kappa shape index (κ2) is 7.11. The zero-order valence-electron chi connectivity index (χ0n) is 12.2. The zero-order valence-corrected chi connectivity index (χ0v) is 12.2. The van der Waals surface area contributed by atoms with Crippen LogP contribution in [0.15, 0.2) is 24.3 Å². The minimum atomic E-state index is -0.274. The van der Waals surface area contributed by atoms with Crippen LogP contribution in [0.3, 0.4) is 0 Å². The fourth-order valence-corrected chi connectivity index (χ4v) is 2.71. The number of carbonyl (C=O) groups excluding carboxylic acids is 2. The van der Waals surface area contributed by atoms with Crippen LogP contribution in [0.25, 0.3) is 0 Å². The first-order valence-electron chi connectivity index (χ1n) is 7.24. The number of piperidine rings is 1. The number of amides is 1. The van der Waals surface area contributed by atoms with Crippen LogP contribution >= 0.6 is 0 Å². The summed E-state index contributed by atoms with van der Waals surface area (Å²) in [5.74, 6) is -0.0636. The van der Waals surface area contributed by atoms with Crippen molar-refractivity contribution in [2.24, 2.45) is 0 Å². The highest BCUT2D eigenvalue weighted by Gasteiger charge is 2.28. The van der Waals surface area contributed by atoms with Crippen molar-refractivity contribution in [2.75, 3.05) is 13.7 Å². The van der Waals surface area contributed by atoms with Crippen LogP contribution in [-0.4, -0.2) is 41.6 Å². The van der Waals surface area contributed by atoms with Gasteiger partial charge in [-0.2, -0.15) is 0 Å². The summed E-state index contributed by atoms with van der Waals surface area (Å²) in [6, 6.07) is 6.57.